The van der Waals surface area contributed by atoms with Crippen LogP contribution >= 0.6 is 0 Å². The Morgan fingerprint density at radius 3 is 2.62 bits per heavy atom. The first kappa shape index (κ1) is 21.9. The third-order valence-electron chi connectivity index (χ3n) is 6.68. The molecule has 1 saturated carbocycles. The zero-order chi connectivity index (χ0) is 22.7. The van der Waals surface area contributed by atoms with E-state index < -0.39 is 0 Å². The van der Waals surface area contributed by atoms with Gasteiger partial charge in [-0.2, -0.15) is 0 Å². The van der Waals surface area contributed by atoms with Crippen LogP contribution in [0.4, 0.5) is 0 Å². The fraction of sp³-hybridized carbons (Fsp3) is 0.385. The largest absolute Gasteiger partial charge is 0.404 e. The van der Waals surface area contributed by atoms with Crippen molar-refractivity contribution in [3.05, 3.63) is 75.2 Å². The summed E-state index contributed by atoms with van der Waals surface area (Å²) >= 11 is 0. The van der Waals surface area contributed by atoms with Crippen molar-refractivity contribution >= 4 is 22.7 Å². The summed E-state index contributed by atoms with van der Waals surface area (Å²) in [7, 11) is 1.71. The van der Waals surface area contributed by atoms with E-state index >= 15 is 0 Å². The fourth-order valence-electron chi connectivity index (χ4n) is 4.67. The smallest absolute Gasteiger partial charge is 0.261 e. The number of nitrogens with two attached hydrogens (primary N) is 1. The minimum atomic E-state index is 0.0799. The van der Waals surface area contributed by atoms with E-state index in [1.54, 1.807) is 19.6 Å². The van der Waals surface area contributed by atoms with E-state index in [2.05, 4.69) is 29.9 Å². The molecule has 0 amide bonds. The van der Waals surface area contributed by atoms with Gasteiger partial charge in [0.05, 0.1) is 22.9 Å². The molecule has 4 rings (SSSR count). The maximum atomic E-state index is 13.4. The van der Waals surface area contributed by atoms with Crippen LogP contribution in [0.25, 0.3) is 16.5 Å². The molecule has 2 aromatic heterocycles. The Morgan fingerprint density at radius 2 is 1.97 bits per heavy atom. The predicted molar refractivity (Wildman–Crippen MR) is 131 cm³/mol. The number of hydrogen-bond donors (Lipinski definition) is 1. The van der Waals surface area contributed by atoms with E-state index in [1.807, 2.05) is 22.9 Å². The molecule has 0 aliphatic heterocycles. The van der Waals surface area contributed by atoms with Crippen LogP contribution in [0.5, 0.6) is 0 Å². The fourth-order valence-corrected chi connectivity index (χ4v) is 4.67. The Bertz CT molecular complexity index is 1230. The third kappa shape index (κ3) is 4.22. The summed E-state index contributed by atoms with van der Waals surface area (Å²) in [5.41, 5.74) is 12.6. The molecule has 2 heterocycles. The summed E-state index contributed by atoms with van der Waals surface area (Å²) in [6, 6.07) is 6.32. The van der Waals surface area contributed by atoms with E-state index in [-0.39, 0.29) is 11.6 Å². The number of allylic oxidation sites excluding steroid dienone is 1. The van der Waals surface area contributed by atoms with Crippen LogP contribution in [0, 0.1) is 13.8 Å². The van der Waals surface area contributed by atoms with Crippen molar-refractivity contribution in [1.82, 2.24) is 14.5 Å². The molecule has 32 heavy (non-hydrogen) atoms. The van der Waals surface area contributed by atoms with Crippen molar-refractivity contribution in [3.63, 3.8) is 0 Å². The first-order valence-electron chi connectivity index (χ1n) is 11.3. The zero-order valence-corrected chi connectivity index (χ0v) is 19.1. The number of hydrogen-bond acceptors (Lipinski definition) is 5. The Balaban J connectivity index is 1.70. The van der Waals surface area contributed by atoms with Crippen LogP contribution in [0.15, 0.2) is 46.7 Å². The Hall–Kier alpha value is -3.28. The number of rotatable bonds is 5. The minimum Gasteiger partial charge on any atom is -0.404 e. The van der Waals surface area contributed by atoms with Gasteiger partial charge in [0.1, 0.15) is 0 Å². The van der Waals surface area contributed by atoms with Crippen LogP contribution in [0.1, 0.15) is 66.1 Å². The lowest BCUT2D eigenvalue weighted by Gasteiger charge is -2.24. The van der Waals surface area contributed by atoms with Crippen LogP contribution < -0.4 is 11.3 Å². The molecule has 166 valence electrons. The lowest BCUT2D eigenvalue weighted by molar-refractivity contribution is 0.345. The normalized spacial score (nSPS) is 15.7. The van der Waals surface area contributed by atoms with E-state index in [9.17, 15) is 4.79 Å². The third-order valence-corrected chi connectivity index (χ3v) is 6.68. The highest BCUT2D eigenvalue weighted by Gasteiger charge is 2.19. The van der Waals surface area contributed by atoms with Gasteiger partial charge in [-0.3, -0.25) is 19.3 Å². The van der Waals surface area contributed by atoms with Crippen LogP contribution in [0.3, 0.4) is 0 Å². The standard InChI is InChI=1S/C26H31N5O/c1-17-18(2)25-23(26(32)31(16-30-25)22-7-5-4-6-8-22)12-20(17)11-19-9-10-24(29-14-19)21(13-27)15-28-3/h9-10,12-16,22H,4-8,11,27H2,1-3H3. The van der Waals surface area contributed by atoms with Gasteiger partial charge in [0.2, 0.25) is 0 Å². The summed E-state index contributed by atoms with van der Waals surface area (Å²) in [5, 5.41) is 0.716. The highest BCUT2D eigenvalue weighted by atomic mass is 16.1. The number of nitrogens with zero attached hydrogens (tertiary/aromatic N) is 4. The number of aromatic nitrogens is 3. The lowest BCUT2D eigenvalue weighted by Crippen LogP contribution is -2.27. The molecule has 1 aliphatic carbocycles. The summed E-state index contributed by atoms with van der Waals surface area (Å²) in [6.45, 7) is 4.16. The second kappa shape index (κ2) is 9.47. The molecule has 1 fully saturated rings. The molecule has 0 bridgehead atoms. The molecular weight excluding hydrogens is 398 g/mol. The van der Waals surface area contributed by atoms with Crippen LogP contribution in [-0.4, -0.2) is 27.8 Å². The monoisotopic (exact) mass is 429 g/mol. The van der Waals surface area contributed by atoms with Crippen molar-refractivity contribution in [3.8, 4) is 0 Å². The number of benzene rings is 1. The molecule has 2 N–H and O–H groups in total. The summed E-state index contributed by atoms with van der Waals surface area (Å²) in [5.74, 6) is 0. The summed E-state index contributed by atoms with van der Waals surface area (Å²) < 4.78 is 1.87. The molecular formula is C26H31N5O. The summed E-state index contributed by atoms with van der Waals surface area (Å²) in [4.78, 5) is 26.7. The van der Waals surface area contributed by atoms with E-state index in [4.69, 9.17) is 10.7 Å². The molecule has 1 aliphatic rings. The van der Waals surface area contributed by atoms with E-state index in [0.717, 1.165) is 46.3 Å². The van der Waals surface area contributed by atoms with Gasteiger partial charge < -0.3 is 5.73 Å². The van der Waals surface area contributed by atoms with Crippen molar-refractivity contribution in [1.29, 1.82) is 0 Å². The number of aliphatic imine (C=N–C) groups is 1. The quantitative estimate of drug-likeness (QED) is 0.605. The maximum absolute atomic E-state index is 13.4. The second-order valence-corrected chi connectivity index (χ2v) is 8.67. The average molecular weight is 430 g/mol. The Kier molecular flexibility index (Phi) is 6.49. The second-order valence-electron chi connectivity index (χ2n) is 8.67. The van der Waals surface area contributed by atoms with Crippen molar-refractivity contribution in [2.45, 2.75) is 58.4 Å². The Labute approximate surface area is 188 Å². The molecule has 1 aromatic carbocycles. The zero-order valence-electron chi connectivity index (χ0n) is 19.1. The highest BCUT2D eigenvalue weighted by molar-refractivity contribution is 6.08. The van der Waals surface area contributed by atoms with Crippen molar-refractivity contribution < 1.29 is 0 Å². The first-order chi connectivity index (χ1) is 15.5. The van der Waals surface area contributed by atoms with Gasteiger partial charge in [-0.15, -0.1) is 0 Å². The van der Waals surface area contributed by atoms with Gasteiger partial charge in [0.25, 0.3) is 5.56 Å². The molecule has 0 spiro atoms. The molecule has 0 saturated heterocycles. The molecule has 6 nitrogen and oxygen atoms in total. The van der Waals surface area contributed by atoms with Crippen LogP contribution in [-0.2, 0) is 6.42 Å². The number of fused-ring (bicyclic) bond motifs is 1. The van der Waals surface area contributed by atoms with Gasteiger partial charge in [0.15, 0.2) is 0 Å². The summed E-state index contributed by atoms with van der Waals surface area (Å²) in [6.07, 6.45) is 13.3. The molecule has 3 aromatic rings. The van der Waals surface area contributed by atoms with Gasteiger partial charge in [0, 0.05) is 37.3 Å². The van der Waals surface area contributed by atoms with Gasteiger partial charge in [-0.05, 0) is 67.5 Å². The number of pyridine rings is 1. The predicted octanol–water partition coefficient (Wildman–Crippen LogP) is 4.50. The SMILES string of the molecule is CN=CC(=CN)c1ccc(Cc2cc3c(=O)n(C4CCCCC4)cnc3c(C)c2C)cn1. The first-order valence-corrected chi connectivity index (χ1v) is 11.3. The van der Waals surface area contributed by atoms with E-state index in [0.29, 0.717) is 11.8 Å². The lowest BCUT2D eigenvalue weighted by atomic mass is 9.94. The molecule has 6 heteroatoms. The van der Waals surface area contributed by atoms with E-state index in [1.165, 1.54) is 31.0 Å². The van der Waals surface area contributed by atoms with Gasteiger partial charge >= 0.3 is 0 Å². The molecule has 0 atom stereocenters. The average Bonchev–Trinajstić information content (AvgIpc) is 2.82. The van der Waals surface area contributed by atoms with Gasteiger partial charge in [-0.1, -0.05) is 25.3 Å². The van der Waals surface area contributed by atoms with Crippen molar-refractivity contribution in [2.75, 3.05) is 7.05 Å². The topological polar surface area (TPSA) is 86.2 Å². The molecule has 0 radical (unpaired) electrons. The maximum Gasteiger partial charge on any atom is 0.261 e. The van der Waals surface area contributed by atoms with Crippen molar-refractivity contribution in [2.24, 2.45) is 10.7 Å². The Morgan fingerprint density at radius 1 is 1.19 bits per heavy atom. The molecule has 0 unspecified atom stereocenters. The highest BCUT2D eigenvalue weighted by Crippen LogP contribution is 2.28. The minimum absolute atomic E-state index is 0.0799. The van der Waals surface area contributed by atoms with Gasteiger partial charge in [-0.25, -0.2) is 4.98 Å². The number of aryl methyl sites for hydroxylation is 1. The van der Waals surface area contributed by atoms with Crippen LogP contribution in [0.2, 0.25) is 0 Å².